The summed E-state index contributed by atoms with van der Waals surface area (Å²) < 4.78 is 0.667. The zero-order valence-corrected chi connectivity index (χ0v) is 31.0. The summed E-state index contributed by atoms with van der Waals surface area (Å²) >= 11 is -0.592. The summed E-state index contributed by atoms with van der Waals surface area (Å²) in [7, 11) is 0. The Hall–Kier alpha value is -1.44. The van der Waals surface area contributed by atoms with Gasteiger partial charge in [0.05, 0.1) is 0 Å². The number of rotatable bonds is 3. The van der Waals surface area contributed by atoms with Crippen molar-refractivity contribution in [3.05, 3.63) is 111 Å². The second-order valence-corrected chi connectivity index (χ2v) is 29.2. The minimum Gasteiger partial charge on any atom is -1.00 e. The molecule has 212 valence electrons. The van der Waals surface area contributed by atoms with Crippen LogP contribution in [0.2, 0.25) is 13.1 Å². The molecule has 4 aromatic carbocycles. The smallest absolute Gasteiger partial charge is 1.00 e. The van der Waals surface area contributed by atoms with Crippen molar-refractivity contribution in [3.8, 4) is 11.1 Å². The molecule has 6 rings (SSSR count). The molecule has 0 fully saturated rings. The van der Waals surface area contributed by atoms with Gasteiger partial charge in [-0.1, -0.05) is 0 Å². The van der Waals surface area contributed by atoms with Crippen molar-refractivity contribution in [1.82, 2.24) is 0 Å². The van der Waals surface area contributed by atoms with Crippen LogP contribution >= 0.6 is 0 Å². The molecule has 0 amide bonds. The summed E-state index contributed by atoms with van der Waals surface area (Å²) in [6.45, 7) is 21.8. The van der Waals surface area contributed by atoms with Gasteiger partial charge in [0.25, 0.3) is 0 Å². The predicted molar refractivity (Wildman–Crippen MR) is 169 cm³/mol. The molecular formula is C37H42Cl2SiZr. The maximum atomic E-state index is 2.62. The van der Waals surface area contributed by atoms with Crippen molar-refractivity contribution in [1.29, 1.82) is 0 Å². The molecule has 41 heavy (non-hydrogen) atoms. The van der Waals surface area contributed by atoms with Crippen LogP contribution in [0.4, 0.5) is 0 Å². The fourth-order valence-electron chi connectivity index (χ4n) is 6.76. The Morgan fingerprint density at radius 2 is 1.32 bits per heavy atom. The zero-order chi connectivity index (χ0) is 27.9. The van der Waals surface area contributed by atoms with E-state index in [9.17, 15) is 0 Å². The van der Waals surface area contributed by atoms with Crippen LogP contribution in [0.3, 0.4) is 0 Å². The molecule has 0 aliphatic heterocycles. The third kappa shape index (κ3) is 5.64. The molecule has 2 aliphatic rings. The fraction of sp³-hybridized carbons (Fsp3) is 0.351. The van der Waals surface area contributed by atoms with Crippen molar-refractivity contribution in [2.24, 2.45) is 0 Å². The first-order chi connectivity index (χ1) is 18.3. The third-order valence-corrected chi connectivity index (χ3v) is 18.7. The molecule has 0 saturated heterocycles. The van der Waals surface area contributed by atoms with Crippen LogP contribution in [-0.2, 0) is 33.2 Å². The van der Waals surface area contributed by atoms with E-state index in [0.29, 0.717) is 9.54 Å². The van der Waals surface area contributed by atoms with Crippen molar-refractivity contribution >= 4 is 22.8 Å². The van der Waals surface area contributed by atoms with Gasteiger partial charge in [-0.05, 0) is 0 Å². The summed E-state index contributed by atoms with van der Waals surface area (Å²) in [5.41, 5.74) is 15.6. The normalized spacial score (nSPS) is 17.3. The van der Waals surface area contributed by atoms with Crippen LogP contribution in [0.25, 0.3) is 28.0 Å². The minimum absolute atomic E-state index is 0. The van der Waals surface area contributed by atoms with Gasteiger partial charge in [-0.2, -0.15) is 0 Å². The molecule has 0 N–H and O–H groups in total. The number of fused-ring (bicyclic) bond motifs is 6. The van der Waals surface area contributed by atoms with E-state index in [1.807, 2.05) is 0 Å². The molecule has 0 bridgehead atoms. The average molecular weight is 677 g/mol. The molecule has 0 aromatic heterocycles. The molecule has 0 saturated carbocycles. The van der Waals surface area contributed by atoms with Crippen molar-refractivity contribution in [2.45, 2.75) is 81.9 Å². The second-order valence-electron chi connectivity index (χ2n) is 14.2. The van der Waals surface area contributed by atoms with Crippen LogP contribution in [0.5, 0.6) is 0 Å². The van der Waals surface area contributed by atoms with Crippen molar-refractivity contribution in [2.75, 3.05) is 0 Å². The van der Waals surface area contributed by atoms with Gasteiger partial charge in [0.15, 0.2) is 0 Å². The molecule has 0 radical (unpaired) electrons. The first-order valence-corrected chi connectivity index (χ1v) is 23.2. The Labute approximate surface area is 272 Å². The summed E-state index contributed by atoms with van der Waals surface area (Å²) in [5.74, 6) is -0.308. The maximum Gasteiger partial charge on any atom is -1.00 e. The summed E-state index contributed by atoms with van der Waals surface area (Å²) in [5, 5.41) is 2.73. The fourth-order valence-corrected chi connectivity index (χ4v) is 16.6. The van der Waals surface area contributed by atoms with Crippen LogP contribution in [-0.4, -0.2) is 5.92 Å². The van der Waals surface area contributed by atoms with Gasteiger partial charge >= 0.3 is 249 Å². The van der Waals surface area contributed by atoms with Gasteiger partial charge in [0.1, 0.15) is 0 Å². The van der Waals surface area contributed by atoms with Crippen molar-refractivity contribution in [3.63, 3.8) is 0 Å². The Morgan fingerprint density at radius 1 is 0.683 bits per heavy atom. The van der Waals surface area contributed by atoms with Crippen LogP contribution in [0.1, 0.15) is 97.0 Å². The number of hydrogen-bond donors (Lipinski definition) is 0. The van der Waals surface area contributed by atoms with Crippen molar-refractivity contribution < 1.29 is 47.2 Å². The van der Waals surface area contributed by atoms with Gasteiger partial charge in [-0.25, -0.2) is 0 Å². The van der Waals surface area contributed by atoms with E-state index in [4.69, 9.17) is 0 Å². The van der Waals surface area contributed by atoms with E-state index in [1.54, 1.807) is 22.3 Å². The van der Waals surface area contributed by atoms with Gasteiger partial charge < -0.3 is 24.8 Å². The SMILES string of the molecule is CC1=Cc2c(ccc3ccccc23)C1c1cc(C(C)(C)C)cc2c1[CH]([Zr+2][SiH](C)C)c1ccc(C(C)(C)C)cc1-2.[Cl-].[Cl-]. The van der Waals surface area contributed by atoms with Crippen LogP contribution < -0.4 is 24.8 Å². The van der Waals surface area contributed by atoms with Gasteiger partial charge in [0.2, 0.25) is 0 Å². The quantitative estimate of drug-likeness (QED) is 0.287. The molecule has 0 spiro atoms. The van der Waals surface area contributed by atoms with E-state index in [0.717, 1.165) is 0 Å². The summed E-state index contributed by atoms with van der Waals surface area (Å²) in [6, 6.07) is 26.4. The predicted octanol–water partition coefficient (Wildman–Crippen LogP) is 4.13. The molecule has 2 aliphatic carbocycles. The molecule has 0 nitrogen and oxygen atoms in total. The summed E-state index contributed by atoms with van der Waals surface area (Å²) in [4.78, 5) is 0. The molecule has 0 heterocycles. The summed E-state index contributed by atoms with van der Waals surface area (Å²) in [6.07, 6.45) is 2.49. The van der Waals surface area contributed by atoms with E-state index in [1.165, 1.54) is 44.2 Å². The molecule has 4 heteroatoms. The van der Waals surface area contributed by atoms with E-state index in [2.05, 4.69) is 134 Å². The molecule has 4 aromatic rings. The Bertz CT molecular complexity index is 1650. The van der Waals surface area contributed by atoms with Gasteiger partial charge in [-0.15, -0.1) is 0 Å². The Balaban J connectivity index is 0.00000194. The second kappa shape index (κ2) is 11.6. The number of halogens is 2. The topological polar surface area (TPSA) is 0 Å². The first kappa shape index (κ1) is 32.5. The molecule has 2 atom stereocenters. The average Bonchev–Trinajstić information content (AvgIpc) is 3.36. The Morgan fingerprint density at radius 3 is 1.98 bits per heavy atom. The van der Waals surface area contributed by atoms with Gasteiger partial charge in [-0.3, -0.25) is 0 Å². The van der Waals surface area contributed by atoms with E-state index < -0.39 is 28.3 Å². The molecule has 2 unspecified atom stereocenters. The van der Waals surface area contributed by atoms with Crippen LogP contribution in [0.15, 0.2) is 72.3 Å². The number of benzene rings is 4. The standard InChI is InChI=1S/C35H35.C2H7Si.2ClH.Zr/c1-21-16-29-26-11-9-8-10-22(26)13-15-27(29)33(21)32-20-25(35(5,6)7)19-31-28-18-24(34(2,3)4)14-12-23(28)17-30(31)32;1-3-2;;;/h8-20,33H,1-7H3;3H,1-2H3;2*1H;/q;;;;+2/p-2. The Kier molecular flexibility index (Phi) is 9.17. The largest absolute Gasteiger partial charge is 1.00 e. The molecular weight excluding hydrogens is 635 g/mol. The number of allylic oxidation sites excluding steroid dienone is 1. The van der Waals surface area contributed by atoms with Crippen LogP contribution in [0, 0.1) is 0 Å². The van der Waals surface area contributed by atoms with E-state index >= 15 is 0 Å². The number of hydrogen-bond acceptors (Lipinski definition) is 0. The zero-order valence-electron chi connectivity index (χ0n) is 25.9. The monoisotopic (exact) mass is 674 g/mol. The third-order valence-electron chi connectivity index (χ3n) is 8.84. The minimum atomic E-state index is -0.648. The van der Waals surface area contributed by atoms with Gasteiger partial charge in [0, 0.05) is 0 Å². The maximum absolute atomic E-state index is 2.62. The first-order valence-electron chi connectivity index (χ1n) is 14.6. The van der Waals surface area contributed by atoms with E-state index in [-0.39, 0.29) is 35.6 Å².